The zero-order valence-corrected chi connectivity index (χ0v) is 22.1. The molecule has 3 rings (SSSR count). The van der Waals surface area contributed by atoms with Crippen LogP contribution in [0.25, 0.3) is 0 Å². The highest BCUT2D eigenvalue weighted by Crippen LogP contribution is 2.28. The first kappa shape index (κ1) is 26.6. The molecule has 1 amide bonds. The van der Waals surface area contributed by atoms with E-state index in [4.69, 9.17) is 16.3 Å². The predicted octanol–water partition coefficient (Wildman–Crippen LogP) is 6.28. The van der Waals surface area contributed by atoms with Gasteiger partial charge in [-0.15, -0.1) is 0 Å². The number of amides is 1. The number of ether oxygens (including phenoxy) is 1. The molecule has 0 aliphatic heterocycles. The van der Waals surface area contributed by atoms with Crippen molar-refractivity contribution in [1.29, 1.82) is 0 Å². The van der Waals surface area contributed by atoms with Gasteiger partial charge in [-0.1, -0.05) is 55.3 Å². The van der Waals surface area contributed by atoms with Gasteiger partial charge in [0.1, 0.15) is 10.6 Å². The Balaban J connectivity index is 1.88. The van der Waals surface area contributed by atoms with Crippen molar-refractivity contribution >= 4 is 33.2 Å². The highest BCUT2D eigenvalue weighted by molar-refractivity contribution is 7.92. The minimum atomic E-state index is -4.02. The third kappa shape index (κ3) is 6.77. The Bertz CT molecular complexity index is 1310. The van der Waals surface area contributed by atoms with Crippen LogP contribution >= 0.6 is 11.6 Å². The molecule has 0 spiro atoms. The number of anilines is 1. The molecule has 0 saturated carbocycles. The molecule has 3 aromatic rings. The molecule has 0 fully saturated rings. The van der Waals surface area contributed by atoms with Gasteiger partial charge in [-0.3, -0.25) is 9.52 Å². The van der Waals surface area contributed by atoms with Gasteiger partial charge in [0.25, 0.3) is 15.9 Å². The number of nitrogens with one attached hydrogen (secondary N) is 2. The van der Waals surface area contributed by atoms with Crippen LogP contribution in [0.1, 0.15) is 53.4 Å². The summed E-state index contributed by atoms with van der Waals surface area (Å²) in [6.45, 7) is 7.91. The Morgan fingerprint density at radius 2 is 1.69 bits per heavy atom. The largest absolute Gasteiger partial charge is 0.497 e. The van der Waals surface area contributed by atoms with Gasteiger partial charge in [-0.2, -0.15) is 0 Å². The van der Waals surface area contributed by atoms with Crippen molar-refractivity contribution in [3.63, 3.8) is 0 Å². The second-order valence-corrected chi connectivity index (χ2v) is 11.1. The Hall–Kier alpha value is -3.03. The second kappa shape index (κ2) is 11.1. The van der Waals surface area contributed by atoms with Gasteiger partial charge in [0.05, 0.1) is 23.9 Å². The zero-order chi connectivity index (χ0) is 25.8. The lowest BCUT2D eigenvalue weighted by atomic mass is 9.96. The number of rotatable bonds is 9. The summed E-state index contributed by atoms with van der Waals surface area (Å²) in [5, 5.41) is 3.08. The summed E-state index contributed by atoms with van der Waals surface area (Å²) in [5.41, 5.74) is 3.41. The highest BCUT2D eigenvalue weighted by Gasteiger charge is 2.23. The molecule has 2 N–H and O–H groups in total. The number of hydrogen-bond acceptors (Lipinski definition) is 4. The van der Waals surface area contributed by atoms with Crippen LogP contribution in [-0.2, 0) is 10.0 Å². The monoisotopic (exact) mass is 514 g/mol. The molecule has 6 nitrogen and oxygen atoms in total. The summed E-state index contributed by atoms with van der Waals surface area (Å²) in [5.74, 6) is 0.670. The molecule has 186 valence electrons. The van der Waals surface area contributed by atoms with E-state index in [2.05, 4.69) is 23.9 Å². The van der Waals surface area contributed by atoms with E-state index >= 15 is 0 Å². The maximum atomic E-state index is 13.2. The number of carbonyl (C=O) groups is 1. The Labute approximate surface area is 212 Å². The first-order valence-corrected chi connectivity index (χ1v) is 13.2. The van der Waals surface area contributed by atoms with Crippen LogP contribution in [0, 0.1) is 19.8 Å². The number of methoxy groups -OCH3 is 1. The highest BCUT2D eigenvalue weighted by atomic mass is 35.5. The van der Waals surface area contributed by atoms with Crippen LogP contribution in [0.2, 0.25) is 5.02 Å². The fourth-order valence-electron chi connectivity index (χ4n) is 3.81. The second-order valence-electron chi connectivity index (χ2n) is 9.00. The third-order valence-corrected chi connectivity index (χ3v) is 7.49. The standard InChI is InChI=1S/C27H31ClN2O4S/c1-17(2)14-25(20-7-10-22(34-5)11-8-20)29-27(31)21-9-12-23(28)26(16-21)35(32,33)30-24-13-6-18(3)15-19(24)4/h6-13,15-17,25,30H,14H2,1-5H3,(H,29,31)/t25-/m1/s1. The SMILES string of the molecule is COc1ccc([C@@H](CC(C)C)NC(=O)c2ccc(Cl)c(S(=O)(=O)Nc3ccc(C)cc3C)c2)cc1. The molecule has 0 heterocycles. The van der Waals surface area contributed by atoms with Crippen molar-refractivity contribution in [3.05, 3.63) is 87.9 Å². The number of hydrogen-bond donors (Lipinski definition) is 2. The average molecular weight is 515 g/mol. The molecule has 0 aliphatic carbocycles. The third-order valence-electron chi connectivity index (χ3n) is 5.64. The summed E-state index contributed by atoms with van der Waals surface area (Å²) in [6, 6.07) is 16.9. The van der Waals surface area contributed by atoms with Gasteiger partial charge >= 0.3 is 0 Å². The Morgan fingerprint density at radius 3 is 2.29 bits per heavy atom. The minimum Gasteiger partial charge on any atom is -0.497 e. The quantitative estimate of drug-likeness (QED) is 0.351. The van der Waals surface area contributed by atoms with Crippen molar-refractivity contribution in [2.75, 3.05) is 11.8 Å². The first-order valence-electron chi connectivity index (χ1n) is 11.3. The Kier molecular flexibility index (Phi) is 8.46. The van der Waals surface area contributed by atoms with Gasteiger partial charge in [-0.25, -0.2) is 8.42 Å². The number of benzene rings is 3. The van der Waals surface area contributed by atoms with E-state index in [1.54, 1.807) is 13.2 Å². The van der Waals surface area contributed by atoms with Crippen LogP contribution in [0.4, 0.5) is 5.69 Å². The van der Waals surface area contributed by atoms with E-state index in [0.29, 0.717) is 18.0 Å². The van der Waals surface area contributed by atoms with Gasteiger partial charge < -0.3 is 10.1 Å². The maximum absolute atomic E-state index is 13.2. The van der Waals surface area contributed by atoms with E-state index in [0.717, 1.165) is 22.4 Å². The molecule has 0 saturated heterocycles. The molecular weight excluding hydrogens is 484 g/mol. The van der Waals surface area contributed by atoms with E-state index < -0.39 is 10.0 Å². The molecule has 8 heteroatoms. The number of aryl methyl sites for hydroxylation is 2. The number of carbonyl (C=O) groups excluding carboxylic acids is 1. The fourth-order valence-corrected chi connectivity index (χ4v) is 5.46. The minimum absolute atomic E-state index is 0.0349. The topological polar surface area (TPSA) is 84.5 Å². The lowest BCUT2D eigenvalue weighted by molar-refractivity contribution is 0.0931. The summed E-state index contributed by atoms with van der Waals surface area (Å²) in [6.07, 6.45) is 0.713. The maximum Gasteiger partial charge on any atom is 0.263 e. The van der Waals surface area contributed by atoms with Gasteiger partial charge in [-0.05, 0) is 73.7 Å². The molecule has 0 radical (unpaired) electrons. The number of sulfonamides is 1. The van der Waals surface area contributed by atoms with Crippen molar-refractivity contribution in [2.24, 2.45) is 5.92 Å². The molecular formula is C27H31ClN2O4S. The lowest BCUT2D eigenvalue weighted by Crippen LogP contribution is -2.29. The smallest absolute Gasteiger partial charge is 0.263 e. The van der Waals surface area contributed by atoms with Crippen molar-refractivity contribution < 1.29 is 17.9 Å². The van der Waals surface area contributed by atoms with Gasteiger partial charge in [0.15, 0.2) is 0 Å². The molecule has 0 unspecified atom stereocenters. The van der Waals surface area contributed by atoms with Crippen LogP contribution in [0.3, 0.4) is 0 Å². The molecule has 3 aromatic carbocycles. The molecule has 0 aliphatic rings. The van der Waals surface area contributed by atoms with Crippen LogP contribution in [0.15, 0.2) is 65.6 Å². The van der Waals surface area contributed by atoms with E-state index in [1.807, 2.05) is 50.2 Å². The summed E-state index contributed by atoms with van der Waals surface area (Å²) in [7, 11) is -2.42. The van der Waals surface area contributed by atoms with Crippen molar-refractivity contribution in [1.82, 2.24) is 5.32 Å². The lowest BCUT2D eigenvalue weighted by Gasteiger charge is -2.22. The first-order chi connectivity index (χ1) is 16.5. The molecule has 1 atom stereocenters. The van der Waals surface area contributed by atoms with Crippen LogP contribution in [0.5, 0.6) is 5.75 Å². The predicted molar refractivity (Wildman–Crippen MR) is 141 cm³/mol. The Morgan fingerprint density at radius 1 is 1.00 bits per heavy atom. The number of halogens is 1. The molecule has 35 heavy (non-hydrogen) atoms. The molecule has 0 bridgehead atoms. The normalized spacial score (nSPS) is 12.3. The van der Waals surface area contributed by atoms with Crippen molar-refractivity contribution in [3.8, 4) is 5.75 Å². The molecule has 0 aromatic heterocycles. The average Bonchev–Trinajstić information content (AvgIpc) is 2.80. The van der Waals surface area contributed by atoms with Gasteiger partial charge in [0, 0.05) is 5.56 Å². The van der Waals surface area contributed by atoms with E-state index in [9.17, 15) is 13.2 Å². The zero-order valence-electron chi connectivity index (χ0n) is 20.6. The summed E-state index contributed by atoms with van der Waals surface area (Å²) < 4.78 is 34.1. The van der Waals surface area contributed by atoms with Crippen LogP contribution < -0.4 is 14.8 Å². The fraction of sp³-hybridized carbons (Fsp3) is 0.296. The van der Waals surface area contributed by atoms with Crippen molar-refractivity contribution in [2.45, 2.75) is 45.1 Å². The van der Waals surface area contributed by atoms with Crippen LogP contribution in [-0.4, -0.2) is 21.4 Å². The van der Waals surface area contributed by atoms with Gasteiger partial charge in [0.2, 0.25) is 0 Å². The van der Waals surface area contributed by atoms with E-state index in [1.165, 1.54) is 18.2 Å². The van der Waals surface area contributed by atoms with E-state index in [-0.39, 0.29) is 27.4 Å². The summed E-state index contributed by atoms with van der Waals surface area (Å²) >= 11 is 6.25. The summed E-state index contributed by atoms with van der Waals surface area (Å²) in [4.78, 5) is 13.0.